The van der Waals surface area contributed by atoms with E-state index < -0.39 is 12.2 Å². The molecule has 2 saturated carbocycles. The summed E-state index contributed by atoms with van der Waals surface area (Å²) in [5.41, 5.74) is 4.88. The first kappa shape index (κ1) is 21.1. The first-order valence-electron chi connectivity index (χ1n) is 13.2. The molecule has 1 aromatic heterocycles. The number of ether oxygens (including phenoxy) is 1. The third-order valence-electron chi connectivity index (χ3n) is 11.3. The van der Waals surface area contributed by atoms with E-state index in [1.165, 1.54) is 23.1 Å². The van der Waals surface area contributed by atoms with Crippen molar-refractivity contribution in [2.24, 2.45) is 22.7 Å². The van der Waals surface area contributed by atoms with Gasteiger partial charge in [0, 0.05) is 22.8 Å². The quantitative estimate of drug-likeness (QED) is 0.642. The third kappa shape index (κ3) is 2.22. The molecule has 2 saturated heterocycles. The van der Waals surface area contributed by atoms with Crippen molar-refractivity contribution in [3.63, 3.8) is 0 Å². The standard InChI is InChI=1S/C29H34N2O4/c1-26-9-8-18-19-13-28(19)25(33)24(32)21(31(2)3)14-27(28)10-11-29(18,35-27)23(26)7-5-17(26)16-4-6-22-20(12-16)30-15-34-22/h4-6,8,12,15,19,21,23-25,32-33H,7,9-11,13-14H2,1-3H3/t19?,21-,23?,24+,25-,26+,27+,28?,29+/m0/s1. The molecule has 0 radical (unpaired) electrons. The summed E-state index contributed by atoms with van der Waals surface area (Å²) in [6.07, 6.45) is 10.7. The van der Waals surface area contributed by atoms with E-state index in [1.54, 1.807) is 0 Å². The molecular weight excluding hydrogens is 440 g/mol. The minimum atomic E-state index is -0.731. The molecule has 2 N–H and O–H groups in total. The van der Waals surface area contributed by atoms with E-state index in [2.05, 4.69) is 41.1 Å². The molecule has 3 spiro atoms. The number of aromatic nitrogens is 1. The zero-order valence-electron chi connectivity index (χ0n) is 20.7. The van der Waals surface area contributed by atoms with Crippen LogP contribution in [-0.4, -0.2) is 63.6 Å². The number of aliphatic hydroxyl groups is 2. The lowest BCUT2D eigenvalue weighted by Gasteiger charge is -2.59. The van der Waals surface area contributed by atoms with Gasteiger partial charge < -0.3 is 24.3 Å². The summed E-state index contributed by atoms with van der Waals surface area (Å²) in [5, 5.41) is 22.6. The summed E-state index contributed by atoms with van der Waals surface area (Å²) in [7, 11) is 4.02. The van der Waals surface area contributed by atoms with Gasteiger partial charge in [-0.15, -0.1) is 0 Å². The number of nitrogens with zero attached hydrogens (tertiary/aromatic N) is 2. The van der Waals surface area contributed by atoms with Crippen LogP contribution in [-0.2, 0) is 4.74 Å². The second-order valence-corrected chi connectivity index (χ2v) is 12.7. The Hall–Kier alpha value is -1.99. The Labute approximate surface area is 205 Å². The Balaban J connectivity index is 1.22. The normalized spacial score (nSPS) is 49.3. The molecule has 9 atom stereocenters. The van der Waals surface area contributed by atoms with Crippen LogP contribution in [0.4, 0.5) is 0 Å². The fourth-order valence-corrected chi connectivity index (χ4v) is 9.66. The molecule has 1 aromatic carbocycles. The Kier molecular flexibility index (Phi) is 3.79. The van der Waals surface area contributed by atoms with Crippen LogP contribution < -0.4 is 0 Å². The highest BCUT2D eigenvalue weighted by atomic mass is 16.5. The molecule has 6 heteroatoms. The molecule has 35 heavy (non-hydrogen) atoms. The van der Waals surface area contributed by atoms with Gasteiger partial charge in [0.2, 0.25) is 0 Å². The molecule has 2 bridgehead atoms. The summed E-state index contributed by atoms with van der Waals surface area (Å²) in [6.45, 7) is 2.43. The topological polar surface area (TPSA) is 79.0 Å². The van der Waals surface area contributed by atoms with Crippen molar-refractivity contribution in [2.45, 2.75) is 74.9 Å². The van der Waals surface area contributed by atoms with E-state index in [-0.39, 0.29) is 28.1 Å². The van der Waals surface area contributed by atoms with Crippen molar-refractivity contribution in [3.8, 4) is 0 Å². The average molecular weight is 475 g/mol. The van der Waals surface area contributed by atoms with Crippen LogP contribution in [0.25, 0.3) is 16.7 Å². The predicted molar refractivity (Wildman–Crippen MR) is 131 cm³/mol. The van der Waals surface area contributed by atoms with Crippen LogP contribution in [0.2, 0.25) is 0 Å². The summed E-state index contributed by atoms with van der Waals surface area (Å²) in [4.78, 5) is 6.47. The lowest BCUT2D eigenvalue weighted by molar-refractivity contribution is -0.248. The zero-order chi connectivity index (χ0) is 24.0. The van der Waals surface area contributed by atoms with Gasteiger partial charge in [-0.05, 0) is 87.4 Å². The van der Waals surface area contributed by atoms with Gasteiger partial charge in [-0.2, -0.15) is 0 Å². The van der Waals surface area contributed by atoms with Gasteiger partial charge in [0.05, 0.1) is 23.4 Å². The van der Waals surface area contributed by atoms with E-state index in [4.69, 9.17) is 9.15 Å². The van der Waals surface area contributed by atoms with Crippen molar-refractivity contribution in [3.05, 3.63) is 47.9 Å². The molecule has 2 aliphatic heterocycles. The van der Waals surface area contributed by atoms with Crippen LogP contribution in [0, 0.1) is 22.7 Å². The Bertz CT molecular complexity index is 1330. The Morgan fingerprint density at radius 2 is 1.97 bits per heavy atom. The fraction of sp³-hybridized carbons (Fsp3) is 0.621. The van der Waals surface area contributed by atoms with Gasteiger partial charge in [-0.1, -0.05) is 25.1 Å². The maximum absolute atomic E-state index is 11.5. The number of allylic oxidation sites excluding steroid dienone is 3. The molecular formula is C29H34N2O4. The maximum atomic E-state index is 11.5. The molecule has 3 unspecified atom stereocenters. The second kappa shape index (κ2) is 6.28. The molecule has 2 aromatic rings. The highest BCUT2D eigenvalue weighted by Crippen LogP contribution is 2.81. The van der Waals surface area contributed by atoms with Crippen LogP contribution >= 0.6 is 0 Å². The molecule has 3 heterocycles. The Morgan fingerprint density at radius 1 is 1.11 bits per heavy atom. The number of oxazole rings is 1. The summed E-state index contributed by atoms with van der Waals surface area (Å²) in [6, 6.07) is 6.29. The number of aliphatic hydroxyl groups excluding tert-OH is 2. The SMILES string of the molecule is CN(C)[C@H]1C[C@@]23CC[C@@]4(O2)C(=CC[C@]2(C)C(c5ccc6ocnc6c5)=CCC24)C2CC23[C@@H](O)[C@@H]1O. The van der Waals surface area contributed by atoms with Gasteiger partial charge in [0.15, 0.2) is 12.0 Å². The van der Waals surface area contributed by atoms with E-state index in [0.717, 1.165) is 49.6 Å². The molecule has 8 rings (SSSR count). The van der Waals surface area contributed by atoms with E-state index in [9.17, 15) is 10.2 Å². The average Bonchev–Trinajstić information content (AvgIpc) is 3.11. The van der Waals surface area contributed by atoms with Crippen LogP contribution in [0.3, 0.4) is 0 Å². The number of hydrogen-bond acceptors (Lipinski definition) is 6. The lowest BCUT2D eigenvalue weighted by Crippen LogP contribution is -2.67. The first-order chi connectivity index (χ1) is 16.8. The summed E-state index contributed by atoms with van der Waals surface area (Å²) >= 11 is 0. The molecule has 4 aliphatic carbocycles. The first-order valence-corrected chi connectivity index (χ1v) is 13.2. The van der Waals surface area contributed by atoms with Crippen LogP contribution in [0.1, 0.15) is 51.0 Å². The molecule has 184 valence electrons. The van der Waals surface area contributed by atoms with Crippen molar-refractivity contribution < 1.29 is 19.4 Å². The highest BCUT2D eigenvalue weighted by molar-refractivity contribution is 5.82. The molecule has 6 nitrogen and oxygen atoms in total. The summed E-state index contributed by atoms with van der Waals surface area (Å²) < 4.78 is 12.9. The van der Waals surface area contributed by atoms with Crippen molar-refractivity contribution in [1.82, 2.24) is 9.88 Å². The van der Waals surface area contributed by atoms with Crippen LogP contribution in [0.15, 0.2) is 46.7 Å². The minimum absolute atomic E-state index is 0.00488. The van der Waals surface area contributed by atoms with E-state index in [0.29, 0.717) is 11.8 Å². The van der Waals surface area contributed by atoms with E-state index in [1.807, 2.05) is 20.2 Å². The second-order valence-electron chi connectivity index (χ2n) is 12.7. The van der Waals surface area contributed by atoms with Gasteiger partial charge in [-0.3, -0.25) is 0 Å². The molecule has 6 aliphatic rings. The minimum Gasteiger partial charge on any atom is -0.443 e. The van der Waals surface area contributed by atoms with E-state index >= 15 is 0 Å². The van der Waals surface area contributed by atoms with Crippen molar-refractivity contribution in [2.75, 3.05) is 14.1 Å². The van der Waals surface area contributed by atoms with Gasteiger partial charge in [0.25, 0.3) is 0 Å². The Morgan fingerprint density at radius 3 is 2.80 bits per heavy atom. The number of hydrogen-bond donors (Lipinski definition) is 2. The van der Waals surface area contributed by atoms with Gasteiger partial charge >= 0.3 is 0 Å². The van der Waals surface area contributed by atoms with Gasteiger partial charge in [-0.25, -0.2) is 4.98 Å². The number of benzene rings is 1. The van der Waals surface area contributed by atoms with Crippen molar-refractivity contribution >= 4 is 16.7 Å². The largest absolute Gasteiger partial charge is 0.443 e. The maximum Gasteiger partial charge on any atom is 0.181 e. The smallest absolute Gasteiger partial charge is 0.181 e. The fourth-order valence-electron chi connectivity index (χ4n) is 9.66. The van der Waals surface area contributed by atoms with Crippen molar-refractivity contribution in [1.29, 1.82) is 0 Å². The van der Waals surface area contributed by atoms with Crippen LogP contribution in [0.5, 0.6) is 0 Å². The number of fused-ring (bicyclic) bond motifs is 3. The van der Waals surface area contributed by atoms with Gasteiger partial charge in [0.1, 0.15) is 5.52 Å². The summed E-state index contributed by atoms with van der Waals surface area (Å²) in [5.74, 6) is 0.726. The molecule has 0 amide bonds. The number of likely N-dealkylation sites (N-methyl/N-ethyl adjacent to an activating group) is 1. The predicted octanol–water partition coefficient (Wildman–Crippen LogP) is 3.93. The monoisotopic (exact) mass is 474 g/mol. The third-order valence-corrected chi connectivity index (χ3v) is 11.3. The highest BCUT2D eigenvalue weighted by Gasteiger charge is 2.84. The lowest BCUT2D eigenvalue weighted by atomic mass is 9.57. The molecule has 4 fully saturated rings. The number of rotatable bonds is 2. The zero-order valence-corrected chi connectivity index (χ0v) is 20.7.